The van der Waals surface area contributed by atoms with Crippen molar-refractivity contribution in [2.24, 2.45) is 14.1 Å². The van der Waals surface area contributed by atoms with Gasteiger partial charge in [0.25, 0.3) is 5.91 Å². The molecule has 2 aromatic heterocycles. The van der Waals surface area contributed by atoms with Crippen LogP contribution in [0.25, 0.3) is 11.3 Å². The summed E-state index contributed by atoms with van der Waals surface area (Å²) in [6, 6.07) is 1.87. The predicted octanol–water partition coefficient (Wildman–Crippen LogP) is 3.40. The summed E-state index contributed by atoms with van der Waals surface area (Å²) in [5.74, 6) is -4.40. The van der Waals surface area contributed by atoms with Crippen LogP contribution in [0.1, 0.15) is 40.2 Å². The van der Waals surface area contributed by atoms with Crippen molar-refractivity contribution in [1.82, 2.24) is 24.5 Å². The van der Waals surface area contributed by atoms with Gasteiger partial charge in [0.1, 0.15) is 0 Å². The zero-order chi connectivity index (χ0) is 22.1. The summed E-state index contributed by atoms with van der Waals surface area (Å²) < 4.78 is 58.5. The zero-order valence-corrected chi connectivity index (χ0v) is 16.9. The van der Waals surface area contributed by atoms with Gasteiger partial charge in [-0.3, -0.25) is 14.2 Å². The van der Waals surface area contributed by atoms with Gasteiger partial charge in [0, 0.05) is 31.8 Å². The largest absolute Gasteiger partial charge is 0.332 e. The Morgan fingerprint density at radius 3 is 2.42 bits per heavy atom. The van der Waals surface area contributed by atoms with Gasteiger partial charge in [-0.05, 0) is 31.4 Å². The topological polar surface area (TPSA) is 56.0 Å². The van der Waals surface area contributed by atoms with E-state index in [4.69, 9.17) is 0 Å². The van der Waals surface area contributed by atoms with E-state index in [2.05, 4.69) is 10.2 Å². The summed E-state index contributed by atoms with van der Waals surface area (Å²) >= 11 is 0. The van der Waals surface area contributed by atoms with Crippen molar-refractivity contribution in [3.63, 3.8) is 0 Å². The SMILES string of the molecule is Cn1nc2c(c1-c1cc(F)c(F)c(F)c1)CCN(C(=O)c1cnn(C)c1C1(F)CC1)C2. The Kier molecular flexibility index (Phi) is 4.25. The van der Waals surface area contributed by atoms with E-state index in [-0.39, 0.29) is 23.6 Å². The van der Waals surface area contributed by atoms with Crippen LogP contribution in [0.2, 0.25) is 0 Å². The Labute approximate surface area is 175 Å². The number of alkyl halides is 1. The lowest BCUT2D eigenvalue weighted by molar-refractivity contribution is 0.0727. The van der Waals surface area contributed by atoms with E-state index in [0.717, 1.165) is 17.7 Å². The fourth-order valence-electron chi connectivity index (χ4n) is 4.39. The third kappa shape index (κ3) is 3.03. The average Bonchev–Trinajstić information content (AvgIpc) is 3.19. The molecule has 2 aliphatic rings. The molecule has 0 radical (unpaired) electrons. The number of amides is 1. The van der Waals surface area contributed by atoms with Crippen LogP contribution in [-0.2, 0) is 32.7 Å². The van der Waals surface area contributed by atoms with Gasteiger partial charge < -0.3 is 4.90 Å². The van der Waals surface area contributed by atoms with Crippen molar-refractivity contribution in [2.45, 2.75) is 31.5 Å². The van der Waals surface area contributed by atoms with E-state index in [1.54, 1.807) is 19.0 Å². The molecule has 1 fully saturated rings. The summed E-state index contributed by atoms with van der Waals surface area (Å²) in [6.45, 7) is 0.492. The molecule has 31 heavy (non-hydrogen) atoms. The minimum Gasteiger partial charge on any atom is -0.332 e. The molecule has 10 heteroatoms. The molecule has 0 spiro atoms. The molecule has 3 heterocycles. The van der Waals surface area contributed by atoms with Crippen LogP contribution < -0.4 is 0 Å². The van der Waals surface area contributed by atoms with Crippen molar-refractivity contribution < 1.29 is 22.4 Å². The second-order valence-corrected chi connectivity index (χ2v) is 8.12. The molecule has 1 saturated carbocycles. The minimum absolute atomic E-state index is 0.168. The molecule has 0 atom stereocenters. The molecule has 162 valence electrons. The van der Waals surface area contributed by atoms with Crippen LogP contribution in [-0.4, -0.2) is 36.9 Å². The first kappa shape index (κ1) is 19.8. The highest BCUT2D eigenvalue weighted by atomic mass is 19.2. The zero-order valence-electron chi connectivity index (χ0n) is 16.9. The molecule has 1 aliphatic heterocycles. The maximum Gasteiger partial charge on any atom is 0.257 e. The molecular formula is C21H19F4N5O. The maximum atomic E-state index is 14.8. The van der Waals surface area contributed by atoms with E-state index in [1.807, 2.05) is 0 Å². The molecule has 1 amide bonds. The Morgan fingerprint density at radius 1 is 1.10 bits per heavy atom. The fraction of sp³-hybridized carbons (Fsp3) is 0.381. The van der Waals surface area contributed by atoms with Gasteiger partial charge in [0.15, 0.2) is 23.1 Å². The Morgan fingerprint density at radius 2 is 1.77 bits per heavy atom. The van der Waals surface area contributed by atoms with Crippen LogP contribution in [0.3, 0.4) is 0 Å². The molecule has 5 rings (SSSR count). The quantitative estimate of drug-likeness (QED) is 0.470. The summed E-state index contributed by atoms with van der Waals surface area (Å²) in [4.78, 5) is 14.7. The highest BCUT2D eigenvalue weighted by molar-refractivity contribution is 5.95. The molecule has 6 nitrogen and oxygen atoms in total. The lowest BCUT2D eigenvalue weighted by Crippen LogP contribution is -2.36. The number of hydrogen-bond acceptors (Lipinski definition) is 3. The monoisotopic (exact) mass is 433 g/mol. The van der Waals surface area contributed by atoms with Crippen molar-refractivity contribution in [2.75, 3.05) is 6.54 Å². The van der Waals surface area contributed by atoms with Gasteiger partial charge in [-0.15, -0.1) is 0 Å². The number of fused-ring (bicyclic) bond motifs is 1. The standard InChI is InChI=1S/C21H19F4N5O/c1-28-18(11-7-14(22)17(24)15(23)8-11)12-3-6-30(10-16(12)27-28)20(31)13-9-26-29(2)19(13)21(25)4-5-21/h7-9H,3-6,10H2,1-2H3. The third-order valence-corrected chi connectivity index (χ3v) is 6.03. The molecule has 0 bridgehead atoms. The second kappa shape index (κ2) is 6.66. The second-order valence-electron chi connectivity index (χ2n) is 8.12. The first-order valence-electron chi connectivity index (χ1n) is 9.90. The molecule has 1 aromatic carbocycles. The van der Waals surface area contributed by atoms with Gasteiger partial charge in [-0.1, -0.05) is 0 Å². The number of halogens is 4. The molecule has 3 aromatic rings. The lowest BCUT2D eigenvalue weighted by Gasteiger charge is -2.27. The van der Waals surface area contributed by atoms with E-state index < -0.39 is 23.1 Å². The number of aryl methyl sites for hydroxylation is 2. The Balaban J connectivity index is 1.47. The van der Waals surface area contributed by atoms with Crippen LogP contribution in [0.15, 0.2) is 18.3 Å². The van der Waals surface area contributed by atoms with E-state index in [1.165, 1.54) is 15.6 Å². The van der Waals surface area contributed by atoms with Crippen LogP contribution in [0.5, 0.6) is 0 Å². The average molecular weight is 433 g/mol. The molecule has 1 aliphatic carbocycles. The number of rotatable bonds is 3. The van der Waals surface area contributed by atoms with Gasteiger partial charge in [-0.25, -0.2) is 17.6 Å². The lowest BCUT2D eigenvalue weighted by atomic mass is 9.99. The van der Waals surface area contributed by atoms with E-state index >= 15 is 0 Å². The summed E-state index contributed by atoms with van der Waals surface area (Å²) in [6.07, 6.45) is 2.51. The van der Waals surface area contributed by atoms with Crippen molar-refractivity contribution in [3.05, 3.63) is 58.3 Å². The first-order valence-corrected chi connectivity index (χ1v) is 9.90. The molecular weight excluding hydrogens is 414 g/mol. The Hall–Kier alpha value is -3.17. The predicted molar refractivity (Wildman–Crippen MR) is 102 cm³/mol. The number of carbonyl (C=O) groups is 1. The molecule has 0 N–H and O–H groups in total. The highest BCUT2D eigenvalue weighted by Crippen LogP contribution is 2.50. The van der Waals surface area contributed by atoms with Crippen LogP contribution in [0.4, 0.5) is 17.6 Å². The van der Waals surface area contributed by atoms with Crippen molar-refractivity contribution in [1.29, 1.82) is 0 Å². The van der Waals surface area contributed by atoms with Crippen LogP contribution >= 0.6 is 0 Å². The van der Waals surface area contributed by atoms with Crippen molar-refractivity contribution >= 4 is 5.91 Å². The summed E-state index contributed by atoms with van der Waals surface area (Å²) in [5, 5.41) is 8.49. The minimum atomic E-state index is -1.52. The van der Waals surface area contributed by atoms with Gasteiger partial charge >= 0.3 is 0 Å². The van der Waals surface area contributed by atoms with Gasteiger partial charge in [0.05, 0.1) is 35.4 Å². The Bertz CT molecular complexity index is 1200. The highest BCUT2D eigenvalue weighted by Gasteiger charge is 2.50. The first-order chi connectivity index (χ1) is 14.7. The van der Waals surface area contributed by atoms with E-state index in [0.29, 0.717) is 42.9 Å². The normalized spacial score (nSPS) is 17.0. The van der Waals surface area contributed by atoms with E-state index in [9.17, 15) is 22.4 Å². The molecule has 0 unspecified atom stereocenters. The fourth-order valence-corrected chi connectivity index (χ4v) is 4.39. The molecule has 0 saturated heterocycles. The number of carbonyl (C=O) groups excluding carboxylic acids is 1. The number of nitrogens with zero attached hydrogens (tertiary/aromatic N) is 5. The number of hydrogen-bond donors (Lipinski definition) is 0. The number of aromatic nitrogens is 4. The number of benzene rings is 1. The smallest absolute Gasteiger partial charge is 0.257 e. The summed E-state index contributed by atoms with van der Waals surface area (Å²) in [7, 11) is 3.24. The van der Waals surface area contributed by atoms with Crippen LogP contribution in [0, 0.1) is 17.5 Å². The van der Waals surface area contributed by atoms with Crippen molar-refractivity contribution in [3.8, 4) is 11.3 Å². The maximum absolute atomic E-state index is 14.8. The summed E-state index contributed by atoms with van der Waals surface area (Å²) in [5.41, 5.74) is 0.998. The third-order valence-electron chi connectivity index (χ3n) is 6.03. The van der Waals surface area contributed by atoms with Gasteiger partial charge in [0.2, 0.25) is 0 Å². The van der Waals surface area contributed by atoms with Gasteiger partial charge in [-0.2, -0.15) is 10.2 Å².